The fourth-order valence-electron chi connectivity index (χ4n) is 3.47. The molecule has 3 aromatic rings. The number of hydrogen-bond donors (Lipinski definition) is 0. The Morgan fingerprint density at radius 1 is 0.824 bits per heavy atom. The summed E-state index contributed by atoms with van der Waals surface area (Å²) in [6.45, 7) is 1.91. The van der Waals surface area contributed by atoms with Crippen LogP contribution in [0.2, 0.25) is 10.0 Å². The number of benzene rings is 3. The van der Waals surface area contributed by atoms with Gasteiger partial charge in [-0.05, 0) is 48.9 Å². The first-order valence-electron chi connectivity index (χ1n) is 10.2. The first-order chi connectivity index (χ1) is 16.3. The van der Waals surface area contributed by atoms with Crippen molar-refractivity contribution in [3.8, 4) is 0 Å². The van der Waals surface area contributed by atoms with Crippen LogP contribution in [0.3, 0.4) is 0 Å². The molecule has 7 nitrogen and oxygen atoms in total. The SMILES string of the molecule is CCOC(=O)c1ccc(COC(=O)c2ccccc2N2C(=O)c3cc(Cl)c(Cl)cc3C2=O)cc1. The van der Waals surface area contributed by atoms with E-state index in [-0.39, 0.29) is 45.6 Å². The number of carbonyl (C=O) groups excluding carboxylic acids is 4. The minimum absolute atomic E-state index is 0.0392. The van der Waals surface area contributed by atoms with Gasteiger partial charge in [-0.1, -0.05) is 47.5 Å². The summed E-state index contributed by atoms with van der Waals surface area (Å²) in [5.74, 6) is -2.40. The normalized spacial score (nSPS) is 12.5. The van der Waals surface area contributed by atoms with Crippen molar-refractivity contribution in [2.45, 2.75) is 13.5 Å². The lowest BCUT2D eigenvalue weighted by atomic mass is 10.1. The first-order valence-corrected chi connectivity index (χ1v) is 11.0. The van der Waals surface area contributed by atoms with E-state index in [0.29, 0.717) is 11.1 Å². The van der Waals surface area contributed by atoms with Gasteiger partial charge in [0.05, 0.1) is 44.6 Å². The number of amides is 2. The van der Waals surface area contributed by atoms with Crippen molar-refractivity contribution in [1.82, 2.24) is 0 Å². The lowest BCUT2D eigenvalue weighted by molar-refractivity contribution is 0.0470. The standard InChI is InChI=1S/C25H17Cl2NO6/c1-2-33-24(31)15-9-7-14(8-10-15)13-34-25(32)16-5-3-4-6-21(16)28-22(29)17-11-19(26)20(27)12-18(17)23(28)30/h3-12H,2,13H2,1H3. The molecule has 0 saturated carbocycles. The van der Waals surface area contributed by atoms with E-state index in [4.69, 9.17) is 32.7 Å². The molecule has 3 aromatic carbocycles. The third-order valence-electron chi connectivity index (χ3n) is 5.13. The summed E-state index contributed by atoms with van der Waals surface area (Å²) in [7, 11) is 0. The molecule has 0 aromatic heterocycles. The van der Waals surface area contributed by atoms with Crippen LogP contribution in [0.5, 0.6) is 0 Å². The Morgan fingerprint density at radius 2 is 1.41 bits per heavy atom. The predicted molar refractivity (Wildman–Crippen MR) is 126 cm³/mol. The fraction of sp³-hybridized carbons (Fsp3) is 0.120. The van der Waals surface area contributed by atoms with Crippen molar-refractivity contribution in [1.29, 1.82) is 0 Å². The molecular formula is C25H17Cl2NO6. The summed E-state index contributed by atoms with van der Waals surface area (Å²) in [5.41, 5.74) is 1.35. The average Bonchev–Trinajstić information content (AvgIpc) is 3.07. The van der Waals surface area contributed by atoms with Crippen LogP contribution in [0, 0.1) is 0 Å². The number of ether oxygens (including phenoxy) is 2. The highest BCUT2D eigenvalue weighted by atomic mass is 35.5. The van der Waals surface area contributed by atoms with Crippen LogP contribution < -0.4 is 4.90 Å². The molecule has 2 amide bonds. The van der Waals surface area contributed by atoms with Crippen molar-refractivity contribution in [3.05, 3.63) is 98.5 Å². The minimum Gasteiger partial charge on any atom is -0.462 e. The molecule has 172 valence electrons. The van der Waals surface area contributed by atoms with Gasteiger partial charge in [0.15, 0.2) is 0 Å². The molecular weight excluding hydrogens is 481 g/mol. The van der Waals surface area contributed by atoms with Crippen molar-refractivity contribution in [2.24, 2.45) is 0 Å². The zero-order valence-electron chi connectivity index (χ0n) is 17.8. The lowest BCUT2D eigenvalue weighted by Gasteiger charge is -2.17. The minimum atomic E-state index is -0.724. The van der Waals surface area contributed by atoms with Gasteiger partial charge in [0.25, 0.3) is 11.8 Å². The first kappa shape index (κ1) is 23.5. The van der Waals surface area contributed by atoms with Gasteiger partial charge in [0.1, 0.15) is 6.61 Å². The molecule has 0 radical (unpaired) electrons. The monoisotopic (exact) mass is 497 g/mol. The van der Waals surface area contributed by atoms with Crippen LogP contribution in [-0.4, -0.2) is 30.4 Å². The lowest BCUT2D eigenvalue weighted by Crippen LogP contribution is -2.31. The summed E-state index contributed by atoms with van der Waals surface area (Å²) in [5, 5.41) is 0.287. The molecule has 0 unspecified atom stereocenters. The number of para-hydroxylation sites is 1. The number of fused-ring (bicyclic) bond motifs is 1. The zero-order valence-corrected chi connectivity index (χ0v) is 19.4. The van der Waals surface area contributed by atoms with Crippen LogP contribution in [0.1, 0.15) is 53.9 Å². The van der Waals surface area contributed by atoms with Crippen LogP contribution in [0.15, 0.2) is 60.7 Å². The number of hydrogen-bond acceptors (Lipinski definition) is 6. The molecule has 0 N–H and O–H groups in total. The Bertz CT molecular complexity index is 1280. The Balaban J connectivity index is 1.54. The molecule has 1 heterocycles. The maximum Gasteiger partial charge on any atom is 0.340 e. The van der Waals surface area contributed by atoms with Gasteiger partial charge in [0, 0.05) is 0 Å². The van der Waals surface area contributed by atoms with Gasteiger partial charge in [0.2, 0.25) is 0 Å². The van der Waals surface area contributed by atoms with E-state index in [1.807, 2.05) is 0 Å². The Kier molecular flexibility index (Phi) is 6.68. The largest absolute Gasteiger partial charge is 0.462 e. The van der Waals surface area contributed by atoms with E-state index in [1.165, 1.54) is 24.3 Å². The molecule has 0 atom stereocenters. The number of halogens is 2. The van der Waals surface area contributed by atoms with E-state index in [1.54, 1.807) is 43.3 Å². The third-order valence-corrected chi connectivity index (χ3v) is 5.85. The van der Waals surface area contributed by atoms with Crippen molar-refractivity contribution >= 4 is 52.6 Å². The average molecular weight is 498 g/mol. The van der Waals surface area contributed by atoms with Crippen molar-refractivity contribution in [3.63, 3.8) is 0 Å². The highest BCUT2D eigenvalue weighted by Gasteiger charge is 2.39. The zero-order chi connectivity index (χ0) is 24.4. The summed E-state index contributed by atoms with van der Waals surface area (Å²) in [6, 6.07) is 15.2. The molecule has 34 heavy (non-hydrogen) atoms. The molecule has 0 fully saturated rings. The summed E-state index contributed by atoms with van der Waals surface area (Å²) in [6.07, 6.45) is 0. The second-order valence-corrected chi connectivity index (χ2v) is 8.08. The molecule has 1 aliphatic rings. The van der Waals surface area contributed by atoms with Crippen LogP contribution >= 0.6 is 23.2 Å². The van der Waals surface area contributed by atoms with E-state index in [0.717, 1.165) is 4.90 Å². The Labute approximate surface area is 204 Å². The maximum atomic E-state index is 13.0. The van der Waals surface area contributed by atoms with E-state index >= 15 is 0 Å². The Hall–Kier alpha value is -3.68. The van der Waals surface area contributed by atoms with Gasteiger partial charge in [-0.15, -0.1) is 0 Å². The van der Waals surface area contributed by atoms with Gasteiger partial charge in [-0.3, -0.25) is 9.59 Å². The Morgan fingerprint density at radius 3 is 2.00 bits per heavy atom. The van der Waals surface area contributed by atoms with Crippen LogP contribution in [-0.2, 0) is 16.1 Å². The molecule has 1 aliphatic heterocycles. The number of esters is 2. The highest BCUT2D eigenvalue weighted by Crippen LogP contribution is 2.35. The smallest absolute Gasteiger partial charge is 0.340 e. The van der Waals surface area contributed by atoms with E-state index < -0.39 is 23.8 Å². The number of carbonyl (C=O) groups is 4. The maximum absolute atomic E-state index is 13.0. The predicted octanol–water partition coefficient (Wildman–Crippen LogP) is 5.33. The topological polar surface area (TPSA) is 90.0 Å². The van der Waals surface area contributed by atoms with Gasteiger partial charge in [-0.2, -0.15) is 0 Å². The molecule has 4 rings (SSSR count). The van der Waals surface area contributed by atoms with Gasteiger partial charge >= 0.3 is 11.9 Å². The number of nitrogens with zero attached hydrogens (tertiary/aromatic N) is 1. The van der Waals surface area contributed by atoms with Crippen molar-refractivity contribution in [2.75, 3.05) is 11.5 Å². The third kappa shape index (κ3) is 4.40. The number of imide groups is 1. The van der Waals surface area contributed by atoms with E-state index in [9.17, 15) is 19.2 Å². The molecule has 9 heteroatoms. The highest BCUT2D eigenvalue weighted by molar-refractivity contribution is 6.44. The van der Waals surface area contributed by atoms with Crippen LogP contribution in [0.4, 0.5) is 5.69 Å². The fourth-order valence-corrected chi connectivity index (χ4v) is 3.80. The number of anilines is 1. The quantitative estimate of drug-likeness (QED) is 0.337. The molecule has 0 spiro atoms. The number of rotatable bonds is 6. The van der Waals surface area contributed by atoms with Crippen molar-refractivity contribution < 1.29 is 28.7 Å². The summed E-state index contributed by atoms with van der Waals surface area (Å²) < 4.78 is 10.3. The van der Waals surface area contributed by atoms with Crippen LogP contribution in [0.25, 0.3) is 0 Å². The molecule has 0 saturated heterocycles. The second-order valence-electron chi connectivity index (χ2n) is 7.27. The van der Waals surface area contributed by atoms with Gasteiger partial charge < -0.3 is 9.47 Å². The summed E-state index contributed by atoms with van der Waals surface area (Å²) >= 11 is 12.0. The summed E-state index contributed by atoms with van der Waals surface area (Å²) in [4.78, 5) is 51.5. The molecule has 0 aliphatic carbocycles. The molecule has 0 bridgehead atoms. The second kappa shape index (κ2) is 9.67. The van der Waals surface area contributed by atoms with E-state index in [2.05, 4.69) is 0 Å². The van der Waals surface area contributed by atoms with Gasteiger partial charge in [-0.25, -0.2) is 14.5 Å².